The average Bonchev–Trinajstić information content (AvgIpc) is 2.30. The van der Waals surface area contributed by atoms with Crippen LogP contribution in [-0.2, 0) is 4.74 Å². The lowest BCUT2D eigenvalue weighted by molar-refractivity contribution is 0.0806. The molecule has 1 rings (SSSR count). The molecule has 0 aromatic heterocycles. The molecule has 0 spiro atoms. The van der Waals surface area contributed by atoms with Crippen molar-refractivity contribution in [3.05, 3.63) is 0 Å². The largest absolute Gasteiger partial charge is 0.380 e. The Balaban J connectivity index is 1.98. The second-order valence-electron chi connectivity index (χ2n) is 6.71. The normalized spacial score (nSPS) is 19.0. The third-order valence-corrected chi connectivity index (χ3v) is 3.90. The third kappa shape index (κ3) is 7.38. The molecule has 1 aliphatic heterocycles. The van der Waals surface area contributed by atoms with Gasteiger partial charge in [0.25, 0.3) is 0 Å². The highest BCUT2D eigenvalue weighted by molar-refractivity contribution is 4.73. The smallest absolute Gasteiger partial charge is 0.0593 e. The molecule has 1 saturated heterocycles. The Morgan fingerprint density at radius 2 is 1.67 bits per heavy atom. The van der Waals surface area contributed by atoms with Gasteiger partial charge in [-0.05, 0) is 56.5 Å². The molecular weight excluding hydrogens is 222 g/mol. The molecule has 2 heteroatoms. The van der Waals surface area contributed by atoms with E-state index in [0.717, 1.165) is 37.5 Å². The predicted molar refractivity (Wildman–Crippen MR) is 78.9 cm³/mol. The summed E-state index contributed by atoms with van der Waals surface area (Å²) in [5, 5.41) is 0. The van der Waals surface area contributed by atoms with Crippen LogP contribution in [-0.4, -0.2) is 37.7 Å². The lowest BCUT2D eigenvalue weighted by Gasteiger charge is -2.32. The molecule has 0 atom stereocenters. The number of hydrogen-bond acceptors (Lipinski definition) is 2. The van der Waals surface area contributed by atoms with Gasteiger partial charge in [-0.25, -0.2) is 0 Å². The predicted octanol–water partition coefficient (Wildman–Crippen LogP) is 3.81. The molecule has 0 aromatic carbocycles. The van der Waals surface area contributed by atoms with E-state index < -0.39 is 0 Å². The minimum absolute atomic E-state index is 0.761. The Labute approximate surface area is 114 Å². The summed E-state index contributed by atoms with van der Waals surface area (Å²) in [4.78, 5) is 2.58. The molecule has 0 saturated carbocycles. The topological polar surface area (TPSA) is 12.5 Å². The van der Waals surface area contributed by atoms with Gasteiger partial charge in [-0.15, -0.1) is 0 Å². The molecule has 1 fully saturated rings. The molecule has 0 aromatic rings. The van der Waals surface area contributed by atoms with Crippen molar-refractivity contribution >= 4 is 0 Å². The first-order valence-corrected chi connectivity index (χ1v) is 7.88. The summed E-state index contributed by atoms with van der Waals surface area (Å²) < 4.78 is 5.70. The Kier molecular flexibility index (Phi) is 7.92. The molecule has 1 aliphatic rings. The van der Waals surface area contributed by atoms with Gasteiger partial charge in [0.15, 0.2) is 0 Å². The van der Waals surface area contributed by atoms with Crippen molar-refractivity contribution < 1.29 is 4.74 Å². The SMILES string of the molecule is CC(C)CCOCCN1CCC(CC(C)C)CC1. The van der Waals surface area contributed by atoms with E-state index in [0.29, 0.717) is 0 Å². The van der Waals surface area contributed by atoms with E-state index >= 15 is 0 Å². The number of hydrogen-bond donors (Lipinski definition) is 0. The van der Waals surface area contributed by atoms with Gasteiger partial charge in [-0.1, -0.05) is 27.7 Å². The average molecular weight is 255 g/mol. The highest BCUT2D eigenvalue weighted by Crippen LogP contribution is 2.23. The van der Waals surface area contributed by atoms with Crippen LogP contribution in [0.4, 0.5) is 0 Å². The summed E-state index contributed by atoms with van der Waals surface area (Å²) in [6.45, 7) is 14.7. The Morgan fingerprint density at radius 3 is 2.22 bits per heavy atom. The minimum atomic E-state index is 0.761. The highest BCUT2D eigenvalue weighted by Gasteiger charge is 2.19. The van der Waals surface area contributed by atoms with E-state index in [1.165, 1.54) is 38.8 Å². The highest BCUT2D eigenvalue weighted by atomic mass is 16.5. The van der Waals surface area contributed by atoms with Crippen molar-refractivity contribution in [2.24, 2.45) is 17.8 Å². The van der Waals surface area contributed by atoms with E-state index in [2.05, 4.69) is 32.6 Å². The number of likely N-dealkylation sites (tertiary alicyclic amines) is 1. The summed E-state index contributed by atoms with van der Waals surface area (Å²) in [7, 11) is 0. The van der Waals surface area contributed by atoms with Gasteiger partial charge in [-0.2, -0.15) is 0 Å². The molecule has 0 radical (unpaired) electrons. The molecule has 108 valence electrons. The maximum absolute atomic E-state index is 5.70. The van der Waals surface area contributed by atoms with E-state index in [1.54, 1.807) is 0 Å². The first kappa shape index (κ1) is 16.0. The molecule has 0 N–H and O–H groups in total. The van der Waals surface area contributed by atoms with Gasteiger partial charge in [-0.3, -0.25) is 0 Å². The lowest BCUT2D eigenvalue weighted by atomic mass is 9.89. The van der Waals surface area contributed by atoms with Crippen LogP contribution in [0.25, 0.3) is 0 Å². The third-order valence-electron chi connectivity index (χ3n) is 3.90. The molecule has 0 aliphatic carbocycles. The van der Waals surface area contributed by atoms with Crippen LogP contribution in [0.2, 0.25) is 0 Å². The van der Waals surface area contributed by atoms with Crippen LogP contribution in [0.15, 0.2) is 0 Å². The quantitative estimate of drug-likeness (QED) is 0.612. The van der Waals surface area contributed by atoms with Crippen molar-refractivity contribution in [1.82, 2.24) is 4.90 Å². The van der Waals surface area contributed by atoms with Crippen molar-refractivity contribution in [2.75, 3.05) is 32.8 Å². The molecule has 1 heterocycles. The second kappa shape index (κ2) is 8.92. The van der Waals surface area contributed by atoms with Crippen LogP contribution in [0.5, 0.6) is 0 Å². The van der Waals surface area contributed by atoms with Gasteiger partial charge in [0.2, 0.25) is 0 Å². The number of nitrogens with zero attached hydrogens (tertiary/aromatic N) is 1. The van der Waals surface area contributed by atoms with Crippen molar-refractivity contribution in [2.45, 2.75) is 53.4 Å². The van der Waals surface area contributed by atoms with Crippen molar-refractivity contribution in [1.29, 1.82) is 0 Å². The minimum Gasteiger partial charge on any atom is -0.380 e. The maximum Gasteiger partial charge on any atom is 0.0593 e. The fourth-order valence-corrected chi connectivity index (χ4v) is 2.73. The molecule has 0 unspecified atom stereocenters. The summed E-state index contributed by atoms with van der Waals surface area (Å²) in [5.74, 6) is 2.60. The first-order chi connectivity index (χ1) is 8.58. The second-order valence-corrected chi connectivity index (χ2v) is 6.71. The molecule has 0 amide bonds. The summed E-state index contributed by atoms with van der Waals surface area (Å²) >= 11 is 0. The number of rotatable bonds is 8. The van der Waals surface area contributed by atoms with Crippen LogP contribution >= 0.6 is 0 Å². The summed E-state index contributed by atoms with van der Waals surface area (Å²) in [5.41, 5.74) is 0. The number of ether oxygens (including phenoxy) is 1. The zero-order chi connectivity index (χ0) is 13.4. The Morgan fingerprint density at radius 1 is 1.00 bits per heavy atom. The van der Waals surface area contributed by atoms with Gasteiger partial charge in [0.1, 0.15) is 0 Å². The van der Waals surface area contributed by atoms with Gasteiger partial charge >= 0.3 is 0 Å². The van der Waals surface area contributed by atoms with Gasteiger partial charge in [0.05, 0.1) is 6.61 Å². The van der Waals surface area contributed by atoms with E-state index in [4.69, 9.17) is 4.74 Å². The van der Waals surface area contributed by atoms with E-state index in [9.17, 15) is 0 Å². The zero-order valence-corrected chi connectivity index (χ0v) is 13.0. The van der Waals surface area contributed by atoms with E-state index in [-0.39, 0.29) is 0 Å². The maximum atomic E-state index is 5.70. The van der Waals surface area contributed by atoms with Crippen molar-refractivity contribution in [3.8, 4) is 0 Å². The van der Waals surface area contributed by atoms with Crippen molar-refractivity contribution in [3.63, 3.8) is 0 Å². The first-order valence-electron chi connectivity index (χ1n) is 7.88. The molecular formula is C16H33NO. The summed E-state index contributed by atoms with van der Waals surface area (Å²) in [6, 6.07) is 0. The Hall–Kier alpha value is -0.0800. The molecule has 2 nitrogen and oxygen atoms in total. The fourth-order valence-electron chi connectivity index (χ4n) is 2.73. The van der Waals surface area contributed by atoms with Crippen LogP contribution < -0.4 is 0 Å². The fraction of sp³-hybridized carbons (Fsp3) is 1.00. The van der Waals surface area contributed by atoms with Gasteiger partial charge < -0.3 is 9.64 Å². The number of piperidine rings is 1. The monoisotopic (exact) mass is 255 g/mol. The standard InChI is InChI=1S/C16H33NO/c1-14(2)7-11-18-12-10-17-8-5-16(6-9-17)13-15(3)4/h14-16H,5-13H2,1-4H3. The van der Waals surface area contributed by atoms with Gasteiger partial charge in [0, 0.05) is 13.2 Å². The lowest BCUT2D eigenvalue weighted by Crippen LogP contribution is -2.36. The summed E-state index contributed by atoms with van der Waals surface area (Å²) in [6.07, 6.45) is 5.39. The van der Waals surface area contributed by atoms with Crippen LogP contribution in [0.1, 0.15) is 53.4 Å². The van der Waals surface area contributed by atoms with Crippen LogP contribution in [0.3, 0.4) is 0 Å². The molecule has 18 heavy (non-hydrogen) atoms. The molecule has 0 bridgehead atoms. The van der Waals surface area contributed by atoms with E-state index in [1.807, 2.05) is 0 Å². The zero-order valence-electron chi connectivity index (χ0n) is 13.0. The Bertz CT molecular complexity index is 195. The van der Waals surface area contributed by atoms with Crippen LogP contribution in [0, 0.1) is 17.8 Å².